The van der Waals surface area contributed by atoms with Crippen molar-refractivity contribution in [1.29, 1.82) is 0 Å². The van der Waals surface area contributed by atoms with E-state index in [2.05, 4.69) is 0 Å². The third-order valence-electron chi connectivity index (χ3n) is 3.19. The fourth-order valence-electron chi connectivity index (χ4n) is 2.01. The lowest BCUT2D eigenvalue weighted by Crippen LogP contribution is -2.52. The third kappa shape index (κ3) is 4.92. The fraction of sp³-hybridized carbons (Fsp3) is 0.818. The number of carboxylic acid groups (broad SMARTS) is 1. The Hall–Kier alpha value is -1.23. The fourth-order valence-corrected chi connectivity index (χ4v) is 3.39. The molecule has 0 aromatic rings. The number of hydrogen-bond acceptors (Lipinski definition) is 6. The second-order valence-electron chi connectivity index (χ2n) is 4.62. The number of hydrogen-bond donors (Lipinski definition) is 3. The Morgan fingerprint density at radius 3 is 2.38 bits per heavy atom. The van der Waals surface area contributed by atoms with Crippen molar-refractivity contribution in [2.45, 2.75) is 25.8 Å². The minimum atomic E-state index is -4.01. The Morgan fingerprint density at radius 2 is 1.95 bits per heavy atom. The van der Waals surface area contributed by atoms with E-state index in [1.807, 2.05) is 4.72 Å². The van der Waals surface area contributed by atoms with E-state index < -0.39 is 28.8 Å². The van der Waals surface area contributed by atoms with Gasteiger partial charge in [0.05, 0.1) is 19.1 Å². The summed E-state index contributed by atoms with van der Waals surface area (Å²) in [5.74, 6) is -2.15. The van der Waals surface area contributed by atoms with Crippen LogP contribution in [0.1, 0.15) is 19.8 Å². The molecule has 3 N–H and O–H groups in total. The SMILES string of the molecule is CCOC(=O)C1CCN(S(=O)(=O)N[C@@H](CO)C(=O)O)CC1. The number of aliphatic hydroxyl groups is 1. The number of rotatable bonds is 7. The van der Waals surface area contributed by atoms with Gasteiger partial charge in [-0.1, -0.05) is 0 Å². The molecule has 1 saturated heterocycles. The Balaban J connectivity index is 2.60. The van der Waals surface area contributed by atoms with Crippen LogP contribution in [0.4, 0.5) is 0 Å². The molecule has 0 spiro atoms. The van der Waals surface area contributed by atoms with Crippen LogP contribution in [0.25, 0.3) is 0 Å². The van der Waals surface area contributed by atoms with Gasteiger partial charge < -0.3 is 14.9 Å². The van der Waals surface area contributed by atoms with Crippen LogP contribution in [0.3, 0.4) is 0 Å². The van der Waals surface area contributed by atoms with Gasteiger partial charge in [-0.05, 0) is 19.8 Å². The van der Waals surface area contributed by atoms with E-state index in [1.165, 1.54) is 0 Å². The van der Waals surface area contributed by atoms with Crippen LogP contribution in [-0.2, 0) is 24.5 Å². The highest BCUT2D eigenvalue weighted by molar-refractivity contribution is 7.87. The van der Waals surface area contributed by atoms with Crippen LogP contribution < -0.4 is 4.72 Å². The summed E-state index contributed by atoms with van der Waals surface area (Å²) in [6.07, 6.45) is 0.632. The summed E-state index contributed by atoms with van der Waals surface area (Å²) >= 11 is 0. The Bertz CT molecular complexity index is 471. The summed E-state index contributed by atoms with van der Waals surface area (Å²) in [4.78, 5) is 22.3. The molecule has 9 nitrogen and oxygen atoms in total. The maximum atomic E-state index is 12.0. The van der Waals surface area contributed by atoms with Crippen LogP contribution in [0, 0.1) is 5.92 Å². The lowest BCUT2D eigenvalue weighted by Gasteiger charge is -2.30. The smallest absolute Gasteiger partial charge is 0.324 e. The maximum Gasteiger partial charge on any atom is 0.324 e. The lowest BCUT2D eigenvalue weighted by atomic mass is 9.98. The summed E-state index contributed by atoms with van der Waals surface area (Å²) in [5, 5.41) is 17.6. The molecule has 0 aliphatic carbocycles. The highest BCUT2D eigenvalue weighted by Crippen LogP contribution is 2.20. The van der Waals surface area contributed by atoms with Crippen molar-refractivity contribution in [3.05, 3.63) is 0 Å². The summed E-state index contributed by atoms with van der Waals surface area (Å²) in [7, 11) is -4.01. The number of carbonyl (C=O) groups is 2. The Kier molecular flexibility index (Phi) is 6.52. The van der Waals surface area contributed by atoms with Crippen molar-refractivity contribution in [2.75, 3.05) is 26.3 Å². The number of piperidine rings is 1. The minimum Gasteiger partial charge on any atom is -0.480 e. The van der Waals surface area contributed by atoms with Gasteiger partial charge in [0.25, 0.3) is 10.2 Å². The first kappa shape index (κ1) is 17.8. The highest BCUT2D eigenvalue weighted by Gasteiger charge is 2.34. The first-order valence-corrected chi connectivity index (χ1v) is 8.03. The average Bonchev–Trinajstić information content (AvgIpc) is 2.45. The van der Waals surface area contributed by atoms with Gasteiger partial charge in [-0.15, -0.1) is 0 Å². The molecule has 0 radical (unpaired) electrons. The van der Waals surface area contributed by atoms with Gasteiger partial charge in [0, 0.05) is 13.1 Å². The van der Waals surface area contributed by atoms with Gasteiger partial charge in [0.1, 0.15) is 6.04 Å². The molecule has 0 amide bonds. The molecule has 1 heterocycles. The summed E-state index contributed by atoms with van der Waals surface area (Å²) in [5.41, 5.74) is 0. The number of nitrogens with one attached hydrogen (secondary N) is 1. The van der Waals surface area contributed by atoms with E-state index >= 15 is 0 Å². The third-order valence-corrected chi connectivity index (χ3v) is 4.81. The van der Waals surface area contributed by atoms with Gasteiger partial charge in [0.2, 0.25) is 0 Å². The van der Waals surface area contributed by atoms with E-state index in [1.54, 1.807) is 6.92 Å². The average molecular weight is 324 g/mol. The molecule has 1 fully saturated rings. The summed E-state index contributed by atoms with van der Waals surface area (Å²) in [6.45, 7) is 1.32. The standard InChI is InChI=1S/C11H20N2O7S/c1-2-20-11(17)8-3-5-13(6-4-8)21(18,19)12-9(7-14)10(15)16/h8-9,12,14H,2-7H2,1H3,(H,15,16)/t9-/m0/s1. The van der Waals surface area contributed by atoms with Crippen LogP contribution in [0.15, 0.2) is 0 Å². The van der Waals surface area contributed by atoms with Crippen molar-refractivity contribution in [2.24, 2.45) is 5.92 Å². The number of aliphatic carboxylic acids is 1. The van der Waals surface area contributed by atoms with Crippen molar-refractivity contribution in [1.82, 2.24) is 9.03 Å². The van der Waals surface area contributed by atoms with E-state index in [9.17, 15) is 18.0 Å². The molecule has 0 aromatic carbocycles. The van der Waals surface area contributed by atoms with Gasteiger partial charge in [-0.3, -0.25) is 9.59 Å². The molecule has 10 heteroatoms. The zero-order chi connectivity index (χ0) is 16.0. The molecule has 1 aliphatic heterocycles. The summed E-state index contributed by atoms with van der Waals surface area (Å²) in [6, 6.07) is -1.59. The van der Waals surface area contributed by atoms with Crippen molar-refractivity contribution in [3.8, 4) is 0 Å². The first-order chi connectivity index (χ1) is 9.81. The van der Waals surface area contributed by atoms with Crippen LogP contribution in [0.2, 0.25) is 0 Å². The van der Waals surface area contributed by atoms with Gasteiger partial charge >= 0.3 is 11.9 Å². The largest absolute Gasteiger partial charge is 0.480 e. The first-order valence-electron chi connectivity index (χ1n) is 6.59. The van der Waals surface area contributed by atoms with Gasteiger partial charge in [0.15, 0.2) is 0 Å². The molecule has 0 unspecified atom stereocenters. The molecule has 0 bridgehead atoms. The molecular weight excluding hydrogens is 304 g/mol. The molecule has 0 saturated carbocycles. The van der Waals surface area contributed by atoms with Crippen LogP contribution in [0.5, 0.6) is 0 Å². The molecule has 1 atom stereocenters. The van der Waals surface area contributed by atoms with Gasteiger partial charge in [-0.25, -0.2) is 0 Å². The molecule has 1 aliphatic rings. The molecular formula is C11H20N2O7S. The number of aliphatic hydroxyl groups excluding tert-OH is 1. The number of carbonyl (C=O) groups excluding carboxylic acids is 1. The Labute approximate surface area is 123 Å². The molecule has 21 heavy (non-hydrogen) atoms. The monoisotopic (exact) mass is 324 g/mol. The topological polar surface area (TPSA) is 133 Å². The van der Waals surface area contributed by atoms with Crippen molar-refractivity contribution >= 4 is 22.1 Å². The van der Waals surface area contributed by atoms with Crippen molar-refractivity contribution < 1.29 is 33.0 Å². The van der Waals surface area contributed by atoms with E-state index in [0.29, 0.717) is 12.8 Å². The zero-order valence-electron chi connectivity index (χ0n) is 11.7. The predicted molar refractivity (Wildman–Crippen MR) is 71.5 cm³/mol. The second kappa shape index (κ2) is 7.69. The van der Waals surface area contributed by atoms with E-state index in [0.717, 1.165) is 4.31 Å². The zero-order valence-corrected chi connectivity index (χ0v) is 12.5. The number of ether oxygens (including phenoxy) is 1. The molecule has 122 valence electrons. The molecule has 1 rings (SSSR count). The van der Waals surface area contributed by atoms with Crippen LogP contribution >= 0.6 is 0 Å². The van der Waals surface area contributed by atoms with E-state index in [-0.39, 0.29) is 31.6 Å². The normalized spacial score (nSPS) is 19.1. The van der Waals surface area contributed by atoms with Gasteiger partial charge in [-0.2, -0.15) is 17.4 Å². The number of nitrogens with zero attached hydrogens (tertiary/aromatic N) is 1. The second-order valence-corrected chi connectivity index (χ2v) is 6.32. The predicted octanol–water partition coefficient (Wildman–Crippen LogP) is -1.46. The van der Waals surface area contributed by atoms with E-state index in [4.69, 9.17) is 14.9 Å². The number of esters is 1. The Morgan fingerprint density at radius 1 is 1.38 bits per heavy atom. The number of carboxylic acids is 1. The summed E-state index contributed by atoms with van der Waals surface area (Å²) < 4.78 is 31.8. The quantitative estimate of drug-likeness (QED) is 0.487. The highest BCUT2D eigenvalue weighted by atomic mass is 32.2. The van der Waals surface area contributed by atoms with Crippen LogP contribution in [-0.4, -0.2) is 67.2 Å². The minimum absolute atomic E-state index is 0.0938. The maximum absolute atomic E-state index is 12.0. The van der Waals surface area contributed by atoms with Crippen molar-refractivity contribution in [3.63, 3.8) is 0 Å². The molecule has 0 aromatic heterocycles. The lowest BCUT2D eigenvalue weighted by molar-refractivity contribution is -0.149.